The van der Waals surface area contributed by atoms with Crippen molar-refractivity contribution in [2.24, 2.45) is 0 Å². The normalized spacial score (nSPS) is 14.1. The maximum atomic E-state index is 12.1. The number of aliphatic hydroxyl groups is 1. The Hall–Kier alpha value is -4.68. The van der Waals surface area contributed by atoms with E-state index in [1.807, 2.05) is 68.4 Å². The van der Waals surface area contributed by atoms with Crippen molar-refractivity contribution in [3.63, 3.8) is 0 Å². The highest BCUT2D eigenvalue weighted by Gasteiger charge is 2.46. The Balaban J connectivity index is 1.06. The minimum atomic E-state index is -0.677. The first-order valence-corrected chi connectivity index (χ1v) is 15.8. The van der Waals surface area contributed by atoms with E-state index in [0.29, 0.717) is 30.9 Å². The predicted octanol–water partition coefficient (Wildman–Crippen LogP) is 9.15. The van der Waals surface area contributed by atoms with Gasteiger partial charge in [0.25, 0.3) is 0 Å². The van der Waals surface area contributed by atoms with Gasteiger partial charge in [-0.1, -0.05) is 84.0 Å². The molecule has 4 aromatic carbocycles. The molecule has 0 amide bonds. The lowest BCUT2D eigenvalue weighted by atomic mass is 9.90. The fourth-order valence-electron chi connectivity index (χ4n) is 6.01. The summed E-state index contributed by atoms with van der Waals surface area (Å²) in [6.07, 6.45) is 4.06. The summed E-state index contributed by atoms with van der Waals surface area (Å²) >= 11 is 0. The molecule has 6 rings (SSSR count). The van der Waals surface area contributed by atoms with Gasteiger partial charge in [0.2, 0.25) is 0 Å². The van der Waals surface area contributed by atoms with Crippen molar-refractivity contribution < 1.29 is 23.9 Å². The highest BCUT2D eigenvalue weighted by atomic mass is 16.5. The van der Waals surface area contributed by atoms with Gasteiger partial charge < -0.3 is 19.1 Å². The van der Waals surface area contributed by atoms with Gasteiger partial charge in [-0.25, -0.2) is 0 Å². The van der Waals surface area contributed by atoms with Gasteiger partial charge in [0.1, 0.15) is 11.5 Å². The molecule has 0 radical (unpaired) electrons. The van der Waals surface area contributed by atoms with Crippen molar-refractivity contribution in [2.75, 3.05) is 6.61 Å². The molecule has 1 aromatic heterocycles. The number of carbonyl (C=O) groups is 1. The summed E-state index contributed by atoms with van der Waals surface area (Å²) in [4.78, 5) is 12.1. The molecule has 1 aliphatic carbocycles. The second-order valence-corrected chi connectivity index (χ2v) is 11.9. The van der Waals surface area contributed by atoms with E-state index in [1.54, 1.807) is 0 Å². The van der Waals surface area contributed by atoms with Crippen molar-refractivity contribution >= 4 is 5.97 Å². The Morgan fingerprint density at radius 1 is 0.867 bits per heavy atom. The number of aryl methyl sites for hydroxylation is 2. The van der Waals surface area contributed by atoms with Gasteiger partial charge in [0.05, 0.1) is 30.4 Å². The molecule has 1 fully saturated rings. The molecule has 6 nitrogen and oxygen atoms in total. The fraction of sp³-hybridized carbons (Fsp3) is 0.282. The number of benzene rings is 4. The van der Waals surface area contributed by atoms with Gasteiger partial charge in [-0.15, -0.1) is 0 Å². The van der Waals surface area contributed by atoms with Gasteiger partial charge in [0.15, 0.2) is 5.76 Å². The lowest BCUT2D eigenvalue weighted by Crippen LogP contribution is -2.15. The highest BCUT2D eigenvalue weighted by molar-refractivity contribution is 5.73. The Kier molecular flexibility index (Phi) is 9.13. The first-order valence-electron chi connectivity index (χ1n) is 15.8. The Labute approximate surface area is 264 Å². The van der Waals surface area contributed by atoms with Crippen LogP contribution < -0.4 is 4.74 Å². The Morgan fingerprint density at radius 3 is 2.13 bits per heavy atom. The largest absolute Gasteiger partial charge is 0.466 e. The summed E-state index contributed by atoms with van der Waals surface area (Å²) in [5.74, 6) is 2.10. The third kappa shape index (κ3) is 7.18. The zero-order chi connectivity index (χ0) is 31.2. The number of aromatic nitrogens is 1. The topological polar surface area (TPSA) is 81.8 Å². The van der Waals surface area contributed by atoms with Crippen molar-refractivity contribution in [2.45, 2.75) is 63.9 Å². The Bertz CT molecular complexity index is 1700. The van der Waals surface area contributed by atoms with Crippen LogP contribution in [0.3, 0.4) is 0 Å². The Morgan fingerprint density at radius 2 is 1.49 bits per heavy atom. The third-order valence-corrected chi connectivity index (χ3v) is 8.71. The van der Waals surface area contributed by atoms with E-state index < -0.39 is 6.10 Å². The summed E-state index contributed by atoms with van der Waals surface area (Å²) < 4.78 is 16.8. The van der Waals surface area contributed by atoms with E-state index in [4.69, 9.17) is 14.0 Å². The molecule has 1 unspecified atom stereocenters. The fourth-order valence-corrected chi connectivity index (χ4v) is 6.01. The van der Waals surface area contributed by atoms with Crippen molar-refractivity contribution in [3.05, 3.63) is 126 Å². The number of aliphatic hydroxyl groups excluding tert-OH is 1. The smallest absolute Gasteiger partial charge is 0.306 e. The van der Waals surface area contributed by atoms with Crippen LogP contribution in [-0.4, -0.2) is 22.8 Å². The van der Waals surface area contributed by atoms with Crippen LogP contribution in [0.5, 0.6) is 11.5 Å². The third-order valence-electron chi connectivity index (χ3n) is 8.71. The van der Waals surface area contributed by atoms with Crippen LogP contribution in [0.1, 0.15) is 67.5 Å². The molecule has 0 bridgehead atoms. The molecule has 6 heteroatoms. The van der Waals surface area contributed by atoms with E-state index in [2.05, 4.69) is 53.7 Å². The highest BCUT2D eigenvalue weighted by Crippen LogP contribution is 2.51. The average Bonchev–Trinajstić information content (AvgIpc) is 3.74. The molecule has 1 aliphatic rings. The SMILES string of the molecule is CCOC(=O)CC1(c2ccc(-c3ccc(-c4onc(C)c4C(O)CCCc4ccc(Oc5ccccc5)cc4)cc3)cc2)CC1. The summed E-state index contributed by atoms with van der Waals surface area (Å²) in [5, 5.41) is 15.4. The maximum Gasteiger partial charge on any atom is 0.306 e. The van der Waals surface area contributed by atoms with Crippen LogP contribution in [0.15, 0.2) is 108 Å². The van der Waals surface area contributed by atoms with Crippen molar-refractivity contribution in [1.29, 1.82) is 0 Å². The van der Waals surface area contributed by atoms with Crippen LogP contribution in [0.25, 0.3) is 22.5 Å². The quantitative estimate of drug-likeness (QED) is 0.136. The van der Waals surface area contributed by atoms with Gasteiger partial charge >= 0.3 is 5.97 Å². The minimum absolute atomic E-state index is 0.0713. The maximum absolute atomic E-state index is 12.1. The molecule has 0 spiro atoms. The summed E-state index contributed by atoms with van der Waals surface area (Å²) in [5.41, 5.74) is 6.83. The van der Waals surface area contributed by atoms with Gasteiger partial charge in [-0.05, 0) is 92.5 Å². The van der Waals surface area contributed by atoms with E-state index in [1.165, 1.54) is 11.1 Å². The number of para-hydroxylation sites is 1. The number of hydrogen-bond donors (Lipinski definition) is 1. The van der Waals surface area contributed by atoms with E-state index >= 15 is 0 Å². The van der Waals surface area contributed by atoms with Crippen LogP contribution >= 0.6 is 0 Å². The summed E-state index contributed by atoms with van der Waals surface area (Å²) in [6.45, 7) is 4.14. The number of rotatable bonds is 13. The molecule has 1 atom stereocenters. The molecule has 230 valence electrons. The number of hydrogen-bond acceptors (Lipinski definition) is 6. The van der Waals surface area contributed by atoms with E-state index in [-0.39, 0.29) is 11.4 Å². The monoisotopic (exact) mass is 601 g/mol. The van der Waals surface area contributed by atoms with Crippen LogP contribution in [0.4, 0.5) is 0 Å². The number of nitrogens with zero attached hydrogens (tertiary/aromatic N) is 1. The molecule has 0 aliphatic heterocycles. The van der Waals surface area contributed by atoms with E-state index in [0.717, 1.165) is 59.4 Å². The van der Waals surface area contributed by atoms with Gasteiger partial charge in [0, 0.05) is 11.0 Å². The molecule has 1 N–H and O–H groups in total. The van der Waals surface area contributed by atoms with Gasteiger partial charge in [-0.3, -0.25) is 4.79 Å². The zero-order valence-electron chi connectivity index (χ0n) is 25.9. The predicted molar refractivity (Wildman–Crippen MR) is 175 cm³/mol. The van der Waals surface area contributed by atoms with E-state index in [9.17, 15) is 9.90 Å². The minimum Gasteiger partial charge on any atom is -0.466 e. The summed E-state index contributed by atoms with van der Waals surface area (Å²) in [7, 11) is 0. The molecule has 1 saturated carbocycles. The molecule has 5 aromatic rings. The first kappa shape index (κ1) is 30.4. The molecule has 0 saturated heterocycles. The number of esters is 1. The van der Waals surface area contributed by atoms with Gasteiger partial charge in [-0.2, -0.15) is 0 Å². The number of ether oxygens (including phenoxy) is 2. The molecular weight excluding hydrogens is 562 g/mol. The van der Waals surface area contributed by atoms with Crippen molar-refractivity contribution in [1.82, 2.24) is 5.16 Å². The molecule has 45 heavy (non-hydrogen) atoms. The average molecular weight is 602 g/mol. The second-order valence-electron chi connectivity index (χ2n) is 11.9. The van der Waals surface area contributed by atoms with Crippen LogP contribution in [0.2, 0.25) is 0 Å². The summed E-state index contributed by atoms with van der Waals surface area (Å²) in [6, 6.07) is 34.5. The van der Waals surface area contributed by atoms with Crippen LogP contribution in [-0.2, 0) is 21.4 Å². The zero-order valence-corrected chi connectivity index (χ0v) is 25.9. The molecular formula is C39H39NO5. The first-order chi connectivity index (χ1) is 21.9. The van der Waals surface area contributed by atoms with Crippen LogP contribution in [0, 0.1) is 6.92 Å². The second kappa shape index (κ2) is 13.5. The standard InChI is InChI=1S/C39H39NO5/c1-3-43-36(42)26-39(24-25-39)32-20-18-30(19-21-32)29-14-16-31(17-15-29)38-37(27(2)40-45-38)35(41)11-7-8-28-12-22-34(23-13-28)44-33-9-5-4-6-10-33/h4-6,9-10,12-23,35,41H,3,7-8,11,24-26H2,1-2H3. The number of carbonyl (C=O) groups excluding carboxylic acids is 1. The lowest BCUT2D eigenvalue weighted by molar-refractivity contribution is -0.143. The lowest BCUT2D eigenvalue weighted by Gasteiger charge is -2.15. The molecule has 1 heterocycles. The van der Waals surface area contributed by atoms with Crippen molar-refractivity contribution in [3.8, 4) is 33.9 Å².